The normalized spacial score (nSPS) is 28.1. The van der Waals surface area contributed by atoms with Crippen LogP contribution in [0.3, 0.4) is 0 Å². The summed E-state index contributed by atoms with van der Waals surface area (Å²) in [4.78, 5) is 14.4. The van der Waals surface area contributed by atoms with Crippen LogP contribution in [0.25, 0.3) is 0 Å². The first kappa shape index (κ1) is 13.4. The summed E-state index contributed by atoms with van der Waals surface area (Å²) in [7, 11) is 0. The molecule has 0 amide bonds. The highest BCUT2D eigenvalue weighted by Gasteiger charge is 2.43. The Balaban J connectivity index is 1.82. The van der Waals surface area contributed by atoms with Gasteiger partial charge in [-0.1, -0.05) is 12.1 Å². The van der Waals surface area contributed by atoms with Gasteiger partial charge in [0.15, 0.2) is 0 Å². The average Bonchev–Trinajstić information content (AvgIpc) is 2.74. The topological polar surface area (TPSA) is 38.8 Å². The Morgan fingerprint density at radius 1 is 1.30 bits per heavy atom. The van der Waals surface area contributed by atoms with Crippen LogP contribution in [0, 0.1) is 0 Å². The van der Waals surface area contributed by atoms with Crippen LogP contribution in [0.5, 0.6) is 5.75 Å². The van der Waals surface area contributed by atoms with E-state index in [1.165, 1.54) is 13.0 Å². The van der Waals surface area contributed by atoms with Crippen LogP contribution < -0.4 is 4.74 Å². The van der Waals surface area contributed by atoms with Gasteiger partial charge >= 0.3 is 5.97 Å². The number of carbonyl (C=O) groups is 1. The smallest absolute Gasteiger partial charge is 0.341 e. The summed E-state index contributed by atoms with van der Waals surface area (Å²) in [6, 6.07) is 7.40. The van der Waals surface area contributed by atoms with Crippen molar-refractivity contribution in [3.8, 4) is 5.75 Å². The van der Waals surface area contributed by atoms with Crippen molar-refractivity contribution in [2.24, 2.45) is 0 Å². The maximum atomic E-state index is 12.0. The number of para-hydroxylation sites is 1. The van der Waals surface area contributed by atoms with Crippen LogP contribution >= 0.6 is 0 Å². The van der Waals surface area contributed by atoms with Gasteiger partial charge in [0.2, 0.25) is 0 Å². The second-order valence-corrected chi connectivity index (χ2v) is 5.63. The summed E-state index contributed by atoms with van der Waals surface area (Å²) < 4.78 is 11.4. The van der Waals surface area contributed by atoms with E-state index in [0.29, 0.717) is 17.9 Å². The SMILES string of the molecule is CCOC(=O)c1ccccc1O[C@]12CCCN(CC1)C2. The summed E-state index contributed by atoms with van der Waals surface area (Å²) in [6.07, 6.45) is 3.28. The number of nitrogens with zero attached hydrogens (tertiary/aromatic N) is 1. The van der Waals surface area contributed by atoms with E-state index < -0.39 is 0 Å². The monoisotopic (exact) mass is 275 g/mol. The molecule has 1 unspecified atom stereocenters. The van der Waals surface area contributed by atoms with E-state index in [1.54, 1.807) is 6.07 Å². The van der Waals surface area contributed by atoms with E-state index in [0.717, 1.165) is 25.9 Å². The number of piperidine rings is 1. The number of fused-ring (bicyclic) bond motifs is 2. The van der Waals surface area contributed by atoms with Crippen molar-refractivity contribution >= 4 is 5.97 Å². The highest BCUT2D eigenvalue weighted by molar-refractivity contribution is 5.92. The fourth-order valence-electron chi connectivity index (χ4n) is 3.25. The molecule has 4 heteroatoms. The van der Waals surface area contributed by atoms with Gasteiger partial charge in [0.25, 0.3) is 0 Å². The Kier molecular flexibility index (Phi) is 3.66. The number of hydrogen-bond donors (Lipinski definition) is 0. The fourth-order valence-corrected chi connectivity index (χ4v) is 3.25. The predicted molar refractivity (Wildman–Crippen MR) is 76.0 cm³/mol. The lowest BCUT2D eigenvalue weighted by atomic mass is 9.94. The minimum atomic E-state index is -0.301. The van der Waals surface area contributed by atoms with Gasteiger partial charge in [-0.2, -0.15) is 0 Å². The number of benzene rings is 1. The van der Waals surface area contributed by atoms with Gasteiger partial charge in [-0.15, -0.1) is 0 Å². The summed E-state index contributed by atoms with van der Waals surface area (Å²) in [6.45, 7) is 5.44. The van der Waals surface area contributed by atoms with Gasteiger partial charge in [-0.3, -0.25) is 4.90 Å². The number of carbonyl (C=O) groups excluding carboxylic acids is 1. The van der Waals surface area contributed by atoms with Crippen LogP contribution in [0.15, 0.2) is 24.3 Å². The predicted octanol–water partition coefficient (Wildman–Crippen LogP) is 2.48. The largest absolute Gasteiger partial charge is 0.485 e. The van der Waals surface area contributed by atoms with Gasteiger partial charge in [0.1, 0.15) is 16.9 Å². The zero-order valence-corrected chi connectivity index (χ0v) is 11.9. The Bertz CT molecular complexity index is 498. The summed E-state index contributed by atoms with van der Waals surface area (Å²) >= 11 is 0. The van der Waals surface area contributed by atoms with E-state index >= 15 is 0 Å². The number of hydrogen-bond acceptors (Lipinski definition) is 4. The first-order chi connectivity index (χ1) is 9.72. The number of rotatable bonds is 4. The van der Waals surface area contributed by atoms with Gasteiger partial charge < -0.3 is 9.47 Å². The fraction of sp³-hybridized carbons (Fsp3) is 0.562. The van der Waals surface area contributed by atoms with Gasteiger partial charge in [0.05, 0.1) is 6.61 Å². The molecule has 2 bridgehead atoms. The van der Waals surface area contributed by atoms with Crippen molar-refractivity contribution in [2.45, 2.75) is 31.8 Å². The van der Waals surface area contributed by atoms with Gasteiger partial charge in [-0.25, -0.2) is 4.79 Å². The average molecular weight is 275 g/mol. The zero-order chi connectivity index (χ0) is 14.0. The Hall–Kier alpha value is -1.55. The van der Waals surface area contributed by atoms with E-state index in [2.05, 4.69) is 4.90 Å². The molecule has 2 aliphatic heterocycles. The first-order valence-corrected chi connectivity index (χ1v) is 7.40. The maximum Gasteiger partial charge on any atom is 0.341 e. The Labute approximate surface area is 119 Å². The molecule has 3 rings (SSSR count). The van der Waals surface area contributed by atoms with Crippen LogP contribution in [-0.4, -0.2) is 42.7 Å². The van der Waals surface area contributed by atoms with Crippen LogP contribution in [-0.2, 0) is 4.74 Å². The molecule has 1 aromatic rings. The first-order valence-electron chi connectivity index (χ1n) is 7.40. The molecule has 2 atom stereocenters. The van der Waals surface area contributed by atoms with Crippen LogP contribution in [0.4, 0.5) is 0 Å². The van der Waals surface area contributed by atoms with E-state index in [9.17, 15) is 4.79 Å². The second kappa shape index (κ2) is 5.44. The standard InChI is InChI=1S/C16H21NO3/c1-2-19-15(18)13-6-3-4-7-14(13)20-16-8-5-10-17(12-16)11-9-16/h3-4,6-7H,2,5,8-12H2,1H3/t16-/m1/s1. The van der Waals surface area contributed by atoms with Crippen LogP contribution in [0.1, 0.15) is 36.5 Å². The van der Waals surface area contributed by atoms with E-state index in [1.807, 2.05) is 25.1 Å². The van der Waals surface area contributed by atoms with Gasteiger partial charge in [-0.05, 0) is 38.4 Å². The summed E-state index contributed by atoms with van der Waals surface area (Å²) in [5, 5.41) is 0. The van der Waals surface area contributed by atoms with Crippen LogP contribution in [0.2, 0.25) is 0 Å². The molecule has 2 fully saturated rings. The minimum absolute atomic E-state index is 0.110. The lowest BCUT2D eigenvalue weighted by Gasteiger charge is -2.35. The molecule has 0 radical (unpaired) electrons. The molecule has 0 spiro atoms. The molecule has 2 heterocycles. The molecule has 108 valence electrons. The molecule has 2 aliphatic rings. The number of ether oxygens (including phenoxy) is 2. The Morgan fingerprint density at radius 2 is 2.15 bits per heavy atom. The molecule has 20 heavy (non-hydrogen) atoms. The minimum Gasteiger partial charge on any atom is -0.485 e. The molecule has 0 saturated carbocycles. The molecule has 1 aromatic carbocycles. The Morgan fingerprint density at radius 3 is 3.00 bits per heavy atom. The lowest BCUT2D eigenvalue weighted by Crippen LogP contribution is -2.43. The van der Waals surface area contributed by atoms with E-state index in [-0.39, 0.29) is 11.6 Å². The van der Waals surface area contributed by atoms with Gasteiger partial charge in [0, 0.05) is 19.5 Å². The third-order valence-electron chi connectivity index (χ3n) is 4.21. The molecular formula is C16H21NO3. The highest BCUT2D eigenvalue weighted by Crippen LogP contribution is 2.36. The highest BCUT2D eigenvalue weighted by atomic mass is 16.5. The van der Waals surface area contributed by atoms with E-state index in [4.69, 9.17) is 9.47 Å². The van der Waals surface area contributed by atoms with Crippen molar-refractivity contribution in [1.29, 1.82) is 0 Å². The zero-order valence-electron chi connectivity index (χ0n) is 11.9. The maximum absolute atomic E-state index is 12.0. The molecule has 2 saturated heterocycles. The molecular weight excluding hydrogens is 254 g/mol. The molecule has 0 aromatic heterocycles. The third kappa shape index (κ3) is 2.52. The lowest BCUT2D eigenvalue weighted by molar-refractivity contribution is 0.0391. The van der Waals surface area contributed by atoms with Crippen molar-refractivity contribution in [3.05, 3.63) is 29.8 Å². The van der Waals surface area contributed by atoms with Crippen molar-refractivity contribution in [2.75, 3.05) is 26.2 Å². The third-order valence-corrected chi connectivity index (χ3v) is 4.21. The van der Waals surface area contributed by atoms with Crippen molar-refractivity contribution in [1.82, 2.24) is 4.90 Å². The summed E-state index contributed by atoms with van der Waals surface area (Å²) in [5.41, 5.74) is 0.425. The second-order valence-electron chi connectivity index (χ2n) is 5.63. The quantitative estimate of drug-likeness (QED) is 0.791. The number of esters is 1. The molecule has 4 nitrogen and oxygen atoms in total. The van der Waals surface area contributed by atoms with Crippen molar-refractivity contribution < 1.29 is 14.3 Å². The molecule has 0 N–H and O–H groups in total. The molecule has 0 aliphatic carbocycles. The van der Waals surface area contributed by atoms with Crippen molar-refractivity contribution in [3.63, 3.8) is 0 Å². The summed E-state index contributed by atoms with van der Waals surface area (Å²) in [5.74, 6) is 0.361.